The molecule has 0 spiro atoms. The quantitative estimate of drug-likeness (QED) is 0.770. The third-order valence-electron chi connectivity index (χ3n) is 2.36. The highest BCUT2D eigenvalue weighted by Crippen LogP contribution is 2.31. The van der Waals surface area contributed by atoms with Gasteiger partial charge in [-0.1, -0.05) is 0 Å². The van der Waals surface area contributed by atoms with Gasteiger partial charge in [0.05, 0.1) is 6.61 Å². The number of rotatable bonds is 4. The highest BCUT2D eigenvalue weighted by atomic mass is 16.5. The van der Waals surface area contributed by atoms with Crippen LogP contribution in [0.3, 0.4) is 0 Å². The lowest BCUT2D eigenvalue weighted by molar-refractivity contribution is 0.298. The topological polar surface area (TPSA) is 41.5 Å². The zero-order valence-corrected chi connectivity index (χ0v) is 8.29. The molecule has 1 fully saturated rings. The molecule has 0 radical (unpaired) electrons. The molecule has 1 aromatic rings. The van der Waals surface area contributed by atoms with Crippen molar-refractivity contribution in [3.8, 4) is 11.5 Å². The van der Waals surface area contributed by atoms with E-state index >= 15 is 0 Å². The number of aromatic hydroxyl groups is 1. The van der Waals surface area contributed by atoms with Crippen molar-refractivity contribution in [3.05, 3.63) is 18.2 Å². The molecule has 2 rings (SSSR count). The van der Waals surface area contributed by atoms with Crippen molar-refractivity contribution in [2.45, 2.75) is 12.8 Å². The normalized spacial score (nSPS) is 15.2. The molecule has 0 bridgehead atoms. The second-order valence-electron chi connectivity index (χ2n) is 3.72. The minimum Gasteiger partial charge on any atom is -0.508 e. The maximum Gasteiger partial charge on any atom is 0.125 e. The van der Waals surface area contributed by atoms with Gasteiger partial charge >= 0.3 is 0 Å². The third-order valence-corrected chi connectivity index (χ3v) is 2.36. The number of hydrogen-bond donors (Lipinski definition) is 2. The molecule has 0 unspecified atom stereocenters. The molecule has 14 heavy (non-hydrogen) atoms. The van der Waals surface area contributed by atoms with Gasteiger partial charge in [0.15, 0.2) is 0 Å². The number of ether oxygens (including phenoxy) is 1. The van der Waals surface area contributed by atoms with Gasteiger partial charge in [-0.3, -0.25) is 0 Å². The van der Waals surface area contributed by atoms with Crippen LogP contribution in [0.4, 0.5) is 5.69 Å². The zero-order chi connectivity index (χ0) is 9.97. The Bertz CT molecular complexity index is 321. The van der Waals surface area contributed by atoms with Gasteiger partial charge < -0.3 is 15.2 Å². The maximum atomic E-state index is 9.39. The smallest absolute Gasteiger partial charge is 0.125 e. The highest BCUT2D eigenvalue weighted by molar-refractivity contribution is 5.52. The van der Waals surface area contributed by atoms with Crippen molar-refractivity contribution in [2.75, 3.05) is 19.0 Å². The summed E-state index contributed by atoms with van der Waals surface area (Å²) in [7, 11) is 1.82. The van der Waals surface area contributed by atoms with Crippen LogP contribution in [0, 0.1) is 5.92 Å². The lowest BCUT2D eigenvalue weighted by atomic mass is 10.3. The van der Waals surface area contributed by atoms with Crippen molar-refractivity contribution in [1.29, 1.82) is 0 Å². The number of phenolic OH excluding ortho intramolecular Hbond substituents is 1. The van der Waals surface area contributed by atoms with Gasteiger partial charge in [0, 0.05) is 30.9 Å². The van der Waals surface area contributed by atoms with Crippen molar-refractivity contribution in [2.24, 2.45) is 5.92 Å². The molecule has 0 atom stereocenters. The largest absolute Gasteiger partial charge is 0.508 e. The first-order valence-corrected chi connectivity index (χ1v) is 4.92. The van der Waals surface area contributed by atoms with Crippen LogP contribution in [0.5, 0.6) is 11.5 Å². The molecule has 0 saturated heterocycles. The predicted octanol–water partition coefficient (Wildman–Crippen LogP) is 2.22. The molecule has 0 amide bonds. The summed E-state index contributed by atoms with van der Waals surface area (Å²) in [5.41, 5.74) is 0.871. The van der Waals surface area contributed by atoms with Gasteiger partial charge in [0.2, 0.25) is 0 Å². The molecular formula is C11H15NO2. The lowest BCUT2D eigenvalue weighted by Crippen LogP contribution is -1.99. The Morgan fingerprint density at radius 3 is 2.86 bits per heavy atom. The van der Waals surface area contributed by atoms with E-state index in [-0.39, 0.29) is 5.75 Å². The van der Waals surface area contributed by atoms with Crippen LogP contribution >= 0.6 is 0 Å². The van der Waals surface area contributed by atoms with Crippen LogP contribution in [0.2, 0.25) is 0 Å². The molecule has 3 heteroatoms. The van der Waals surface area contributed by atoms with Crippen LogP contribution in [0.15, 0.2) is 18.2 Å². The van der Waals surface area contributed by atoms with Gasteiger partial charge in [0.1, 0.15) is 11.5 Å². The molecule has 1 aromatic carbocycles. The number of phenols is 1. The van der Waals surface area contributed by atoms with Gasteiger partial charge in [-0.15, -0.1) is 0 Å². The fourth-order valence-corrected chi connectivity index (χ4v) is 1.31. The van der Waals surface area contributed by atoms with Crippen molar-refractivity contribution >= 4 is 5.69 Å². The molecule has 1 aliphatic carbocycles. The molecular weight excluding hydrogens is 178 g/mol. The number of hydrogen-bond acceptors (Lipinski definition) is 3. The molecule has 0 aliphatic heterocycles. The van der Waals surface area contributed by atoms with E-state index in [4.69, 9.17) is 4.74 Å². The summed E-state index contributed by atoms with van der Waals surface area (Å²) >= 11 is 0. The van der Waals surface area contributed by atoms with E-state index in [1.54, 1.807) is 12.1 Å². The molecule has 1 aliphatic rings. The first kappa shape index (κ1) is 9.19. The van der Waals surface area contributed by atoms with E-state index in [2.05, 4.69) is 5.32 Å². The Kier molecular flexibility index (Phi) is 2.48. The Morgan fingerprint density at radius 1 is 1.43 bits per heavy atom. The fraction of sp³-hybridized carbons (Fsp3) is 0.455. The summed E-state index contributed by atoms with van der Waals surface area (Å²) in [6.07, 6.45) is 2.55. The molecule has 0 aromatic heterocycles. The molecule has 0 heterocycles. The zero-order valence-electron chi connectivity index (χ0n) is 8.29. The molecule has 2 N–H and O–H groups in total. The molecule has 3 nitrogen and oxygen atoms in total. The Balaban J connectivity index is 2.03. The number of anilines is 1. The van der Waals surface area contributed by atoms with Gasteiger partial charge in [-0.25, -0.2) is 0 Å². The average molecular weight is 193 g/mol. The Hall–Kier alpha value is -1.38. The van der Waals surface area contributed by atoms with Gasteiger partial charge in [-0.05, 0) is 18.8 Å². The SMILES string of the molecule is CNc1cc(O)cc(OCC2CC2)c1. The highest BCUT2D eigenvalue weighted by Gasteiger charge is 2.21. The maximum absolute atomic E-state index is 9.39. The minimum absolute atomic E-state index is 0.239. The standard InChI is InChI=1S/C11H15NO2/c1-12-9-4-10(13)6-11(5-9)14-7-8-2-3-8/h4-6,8,12-13H,2-3,7H2,1H3. The summed E-state index contributed by atoms with van der Waals surface area (Å²) in [5.74, 6) is 1.71. The van der Waals surface area contributed by atoms with Gasteiger partial charge in [-0.2, -0.15) is 0 Å². The first-order chi connectivity index (χ1) is 6.78. The van der Waals surface area contributed by atoms with E-state index in [0.717, 1.165) is 24.0 Å². The summed E-state index contributed by atoms with van der Waals surface area (Å²) in [5, 5.41) is 12.4. The first-order valence-electron chi connectivity index (χ1n) is 4.92. The number of benzene rings is 1. The third kappa shape index (κ3) is 2.31. The van der Waals surface area contributed by atoms with Crippen molar-refractivity contribution < 1.29 is 9.84 Å². The van der Waals surface area contributed by atoms with Gasteiger partial charge in [0.25, 0.3) is 0 Å². The predicted molar refractivity (Wildman–Crippen MR) is 55.9 cm³/mol. The van der Waals surface area contributed by atoms with E-state index in [1.807, 2.05) is 13.1 Å². The van der Waals surface area contributed by atoms with Crippen LogP contribution in [-0.2, 0) is 0 Å². The van der Waals surface area contributed by atoms with E-state index in [0.29, 0.717) is 0 Å². The Labute approximate surface area is 83.7 Å². The van der Waals surface area contributed by atoms with Crippen LogP contribution in [-0.4, -0.2) is 18.8 Å². The summed E-state index contributed by atoms with van der Waals surface area (Å²) in [6, 6.07) is 5.20. The molecule has 76 valence electrons. The van der Waals surface area contributed by atoms with Crippen LogP contribution in [0.25, 0.3) is 0 Å². The lowest BCUT2D eigenvalue weighted by Gasteiger charge is -2.08. The summed E-state index contributed by atoms with van der Waals surface area (Å²) in [4.78, 5) is 0. The monoisotopic (exact) mass is 193 g/mol. The van der Waals surface area contributed by atoms with E-state index < -0.39 is 0 Å². The second-order valence-corrected chi connectivity index (χ2v) is 3.72. The summed E-state index contributed by atoms with van der Waals surface area (Å²) in [6.45, 7) is 0.770. The minimum atomic E-state index is 0.239. The van der Waals surface area contributed by atoms with Crippen LogP contribution < -0.4 is 10.1 Å². The van der Waals surface area contributed by atoms with E-state index in [9.17, 15) is 5.11 Å². The molecule has 1 saturated carbocycles. The van der Waals surface area contributed by atoms with Crippen molar-refractivity contribution in [1.82, 2.24) is 0 Å². The fourth-order valence-electron chi connectivity index (χ4n) is 1.31. The second kappa shape index (κ2) is 3.78. The Morgan fingerprint density at radius 2 is 2.21 bits per heavy atom. The van der Waals surface area contributed by atoms with Crippen LogP contribution in [0.1, 0.15) is 12.8 Å². The average Bonchev–Trinajstić information content (AvgIpc) is 2.97. The van der Waals surface area contributed by atoms with E-state index in [1.165, 1.54) is 12.8 Å². The number of nitrogens with one attached hydrogen (secondary N) is 1. The van der Waals surface area contributed by atoms with Crippen molar-refractivity contribution in [3.63, 3.8) is 0 Å². The summed E-state index contributed by atoms with van der Waals surface area (Å²) < 4.78 is 5.55.